The summed E-state index contributed by atoms with van der Waals surface area (Å²) in [7, 11) is 0. The molecule has 1 rings (SSSR count). The van der Waals surface area contributed by atoms with Gasteiger partial charge in [-0.25, -0.2) is 0 Å². The van der Waals surface area contributed by atoms with E-state index in [2.05, 4.69) is 13.8 Å². The van der Waals surface area contributed by atoms with Gasteiger partial charge in [-0.15, -0.1) is 0 Å². The molecule has 0 spiro atoms. The maximum Gasteiger partial charge on any atom is 0.309 e. The second-order valence-corrected chi connectivity index (χ2v) is 6.04. The fourth-order valence-electron chi connectivity index (χ4n) is 2.24. The standard InChI is InChI=1S/C13H24O2/c1-9-6-7-10(2)11(8-9)12(14)15-13(3,4)5/h9-11H,6-8H2,1-5H3. The van der Waals surface area contributed by atoms with Crippen LogP contribution in [0.15, 0.2) is 0 Å². The van der Waals surface area contributed by atoms with Gasteiger partial charge < -0.3 is 4.74 Å². The fourth-order valence-corrected chi connectivity index (χ4v) is 2.24. The van der Waals surface area contributed by atoms with E-state index < -0.39 is 0 Å². The first-order valence-corrected chi connectivity index (χ1v) is 6.02. The van der Waals surface area contributed by atoms with E-state index in [1.54, 1.807) is 0 Å². The van der Waals surface area contributed by atoms with Crippen molar-refractivity contribution in [1.29, 1.82) is 0 Å². The Morgan fingerprint density at radius 2 is 1.80 bits per heavy atom. The fraction of sp³-hybridized carbons (Fsp3) is 0.923. The summed E-state index contributed by atoms with van der Waals surface area (Å²) in [6.45, 7) is 10.2. The minimum absolute atomic E-state index is 0.00144. The van der Waals surface area contributed by atoms with Crippen molar-refractivity contribution < 1.29 is 9.53 Å². The Kier molecular flexibility index (Phi) is 3.80. The third-order valence-electron chi connectivity index (χ3n) is 3.17. The molecule has 1 aliphatic rings. The van der Waals surface area contributed by atoms with Crippen molar-refractivity contribution in [1.82, 2.24) is 0 Å². The van der Waals surface area contributed by atoms with Crippen LogP contribution >= 0.6 is 0 Å². The first kappa shape index (κ1) is 12.5. The van der Waals surface area contributed by atoms with Gasteiger partial charge in [0.05, 0.1) is 5.92 Å². The van der Waals surface area contributed by atoms with Crippen molar-refractivity contribution in [2.24, 2.45) is 17.8 Å². The minimum atomic E-state index is -0.350. The van der Waals surface area contributed by atoms with E-state index in [1.807, 2.05) is 20.8 Å². The highest BCUT2D eigenvalue weighted by atomic mass is 16.6. The summed E-state index contributed by atoms with van der Waals surface area (Å²) in [5.74, 6) is 1.27. The van der Waals surface area contributed by atoms with E-state index >= 15 is 0 Å². The molecule has 88 valence electrons. The van der Waals surface area contributed by atoms with E-state index in [4.69, 9.17) is 4.74 Å². The van der Waals surface area contributed by atoms with Crippen LogP contribution in [0.2, 0.25) is 0 Å². The van der Waals surface area contributed by atoms with E-state index in [0.29, 0.717) is 11.8 Å². The Hall–Kier alpha value is -0.530. The van der Waals surface area contributed by atoms with Gasteiger partial charge in [0.1, 0.15) is 5.60 Å². The molecule has 0 aliphatic heterocycles. The lowest BCUT2D eigenvalue weighted by atomic mass is 9.75. The van der Waals surface area contributed by atoms with Crippen molar-refractivity contribution >= 4 is 5.97 Å². The summed E-state index contributed by atoms with van der Waals surface area (Å²) < 4.78 is 5.46. The van der Waals surface area contributed by atoms with Crippen LogP contribution in [0.3, 0.4) is 0 Å². The average molecular weight is 212 g/mol. The summed E-state index contributed by atoms with van der Waals surface area (Å²) in [6, 6.07) is 0. The molecule has 0 aromatic rings. The maximum absolute atomic E-state index is 11.9. The molecule has 2 heteroatoms. The highest BCUT2D eigenvalue weighted by Gasteiger charge is 2.33. The van der Waals surface area contributed by atoms with Crippen LogP contribution < -0.4 is 0 Å². The molecule has 1 saturated carbocycles. The number of hydrogen-bond donors (Lipinski definition) is 0. The molecule has 2 nitrogen and oxygen atoms in total. The monoisotopic (exact) mass is 212 g/mol. The van der Waals surface area contributed by atoms with Gasteiger partial charge in [0.25, 0.3) is 0 Å². The quantitative estimate of drug-likeness (QED) is 0.623. The molecule has 1 aliphatic carbocycles. The summed E-state index contributed by atoms with van der Waals surface area (Å²) in [6.07, 6.45) is 3.40. The van der Waals surface area contributed by atoms with Crippen LogP contribution in [0, 0.1) is 17.8 Å². The smallest absolute Gasteiger partial charge is 0.309 e. The van der Waals surface area contributed by atoms with Crippen LogP contribution in [0.1, 0.15) is 53.9 Å². The van der Waals surface area contributed by atoms with Crippen LogP contribution in [0.4, 0.5) is 0 Å². The Morgan fingerprint density at radius 3 is 2.33 bits per heavy atom. The van der Waals surface area contributed by atoms with Gasteiger partial charge in [0, 0.05) is 0 Å². The van der Waals surface area contributed by atoms with Crippen LogP contribution in [0.25, 0.3) is 0 Å². The number of esters is 1. The number of carbonyl (C=O) groups is 1. The number of carbonyl (C=O) groups excluding carboxylic acids is 1. The summed E-state index contributed by atoms with van der Waals surface area (Å²) in [4.78, 5) is 11.9. The predicted octanol–water partition coefficient (Wildman–Crippen LogP) is 3.40. The van der Waals surface area contributed by atoms with Crippen LogP contribution in [0.5, 0.6) is 0 Å². The summed E-state index contributed by atoms with van der Waals surface area (Å²) in [5, 5.41) is 0. The Bertz CT molecular complexity index is 227. The minimum Gasteiger partial charge on any atom is -0.460 e. The van der Waals surface area contributed by atoms with Gasteiger partial charge >= 0.3 is 5.97 Å². The van der Waals surface area contributed by atoms with Gasteiger partial charge in [-0.3, -0.25) is 4.79 Å². The first-order chi connectivity index (χ1) is 6.79. The van der Waals surface area contributed by atoms with Crippen molar-refractivity contribution in [3.05, 3.63) is 0 Å². The van der Waals surface area contributed by atoms with Gasteiger partial charge in [-0.1, -0.05) is 20.3 Å². The number of ether oxygens (including phenoxy) is 1. The number of hydrogen-bond acceptors (Lipinski definition) is 2. The van der Waals surface area contributed by atoms with Gasteiger partial charge in [0.15, 0.2) is 0 Å². The first-order valence-electron chi connectivity index (χ1n) is 6.02. The van der Waals surface area contributed by atoms with E-state index in [9.17, 15) is 4.79 Å². The second-order valence-electron chi connectivity index (χ2n) is 6.04. The molecule has 0 aromatic heterocycles. The van der Waals surface area contributed by atoms with Crippen molar-refractivity contribution in [2.45, 2.75) is 59.5 Å². The number of rotatable bonds is 1. The third kappa shape index (κ3) is 3.84. The second kappa shape index (κ2) is 4.54. The normalized spacial score (nSPS) is 32.5. The molecule has 1 fully saturated rings. The molecule has 0 saturated heterocycles. The highest BCUT2D eigenvalue weighted by molar-refractivity contribution is 5.73. The lowest BCUT2D eigenvalue weighted by Gasteiger charge is -2.33. The summed E-state index contributed by atoms with van der Waals surface area (Å²) in [5.41, 5.74) is -0.350. The molecule has 0 radical (unpaired) electrons. The van der Waals surface area contributed by atoms with E-state index in [1.165, 1.54) is 6.42 Å². The Balaban J connectivity index is 2.57. The predicted molar refractivity (Wildman–Crippen MR) is 61.5 cm³/mol. The zero-order valence-corrected chi connectivity index (χ0v) is 10.7. The van der Waals surface area contributed by atoms with Gasteiger partial charge in [-0.2, -0.15) is 0 Å². The molecule has 15 heavy (non-hydrogen) atoms. The maximum atomic E-state index is 11.9. The SMILES string of the molecule is CC1CCC(C)C(C(=O)OC(C)(C)C)C1. The van der Waals surface area contributed by atoms with E-state index in [0.717, 1.165) is 12.8 Å². The summed E-state index contributed by atoms with van der Waals surface area (Å²) >= 11 is 0. The molecule has 0 aromatic carbocycles. The average Bonchev–Trinajstić information content (AvgIpc) is 2.06. The molecule has 0 bridgehead atoms. The van der Waals surface area contributed by atoms with Crippen LogP contribution in [-0.4, -0.2) is 11.6 Å². The van der Waals surface area contributed by atoms with Crippen molar-refractivity contribution in [2.75, 3.05) is 0 Å². The lowest BCUT2D eigenvalue weighted by Crippen LogP contribution is -2.34. The molecule has 0 heterocycles. The molecular formula is C13H24O2. The zero-order valence-electron chi connectivity index (χ0n) is 10.7. The topological polar surface area (TPSA) is 26.3 Å². The molecule has 0 amide bonds. The van der Waals surface area contributed by atoms with Crippen molar-refractivity contribution in [3.63, 3.8) is 0 Å². The Labute approximate surface area is 93.4 Å². The van der Waals surface area contributed by atoms with Crippen molar-refractivity contribution in [3.8, 4) is 0 Å². The van der Waals surface area contributed by atoms with Gasteiger partial charge in [0.2, 0.25) is 0 Å². The third-order valence-corrected chi connectivity index (χ3v) is 3.17. The van der Waals surface area contributed by atoms with Gasteiger partial charge in [-0.05, 0) is 45.4 Å². The Morgan fingerprint density at radius 1 is 1.20 bits per heavy atom. The molecule has 3 unspecified atom stereocenters. The lowest BCUT2D eigenvalue weighted by molar-refractivity contribution is -0.163. The molecular weight excluding hydrogens is 188 g/mol. The molecule has 0 N–H and O–H groups in total. The largest absolute Gasteiger partial charge is 0.460 e. The van der Waals surface area contributed by atoms with E-state index in [-0.39, 0.29) is 17.5 Å². The van der Waals surface area contributed by atoms with Crippen LogP contribution in [-0.2, 0) is 9.53 Å². The molecule has 3 atom stereocenters. The highest BCUT2D eigenvalue weighted by Crippen LogP contribution is 2.34. The zero-order chi connectivity index (χ0) is 11.6.